The van der Waals surface area contributed by atoms with Gasteiger partial charge in [0.15, 0.2) is 6.61 Å². The molecule has 8 heteroatoms. The van der Waals surface area contributed by atoms with Crippen LogP contribution in [0.25, 0.3) is 0 Å². The van der Waals surface area contributed by atoms with Crippen LogP contribution < -0.4 is 10.6 Å². The number of benzene rings is 1. The molecule has 0 radical (unpaired) electrons. The Morgan fingerprint density at radius 2 is 2.04 bits per heavy atom. The summed E-state index contributed by atoms with van der Waals surface area (Å²) in [5, 5.41) is 5.43. The average molecular weight is 387 g/mol. The lowest BCUT2D eigenvalue weighted by atomic mass is 9.73. The quantitative estimate of drug-likeness (QED) is 0.594. The maximum atomic E-state index is 12.8. The van der Waals surface area contributed by atoms with E-state index >= 15 is 0 Å². The molecule has 1 aliphatic heterocycles. The number of hydrogen-bond donors (Lipinski definition) is 2. The summed E-state index contributed by atoms with van der Waals surface area (Å²) in [5.74, 6) is -1.66. The van der Waals surface area contributed by atoms with E-state index in [1.807, 2.05) is 26.0 Å². The first-order valence-corrected chi connectivity index (χ1v) is 9.49. The molecular weight excluding hydrogens is 362 g/mol. The van der Waals surface area contributed by atoms with Crippen molar-refractivity contribution in [2.45, 2.75) is 45.1 Å². The number of nitrogens with one attached hydrogen (secondary N) is 2. The number of hydrogen-bond acceptors (Lipinski definition) is 5. The van der Waals surface area contributed by atoms with Crippen LogP contribution in [0.3, 0.4) is 0 Å². The zero-order valence-electron chi connectivity index (χ0n) is 16.1. The second-order valence-electron chi connectivity index (χ2n) is 7.46. The highest BCUT2D eigenvalue weighted by molar-refractivity contribution is 6.09. The Balaban J connectivity index is 1.53. The first kappa shape index (κ1) is 19.9. The minimum Gasteiger partial charge on any atom is -0.454 e. The van der Waals surface area contributed by atoms with Gasteiger partial charge in [-0.25, -0.2) is 4.79 Å². The summed E-state index contributed by atoms with van der Waals surface area (Å²) in [7, 11) is 0. The number of aryl methyl sites for hydroxylation is 1. The molecule has 1 aliphatic carbocycles. The third kappa shape index (κ3) is 3.85. The maximum absolute atomic E-state index is 12.8. The lowest BCUT2D eigenvalue weighted by Gasteiger charge is -2.36. The summed E-state index contributed by atoms with van der Waals surface area (Å²) in [6.45, 7) is 2.80. The van der Waals surface area contributed by atoms with Gasteiger partial charge in [-0.1, -0.05) is 38.0 Å². The molecule has 1 aromatic rings. The number of para-hydroxylation sites is 1. The van der Waals surface area contributed by atoms with E-state index in [2.05, 4.69) is 10.6 Å². The Hall–Kier alpha value is -2.90. The zero-order valence-corrected chi connectivity index (χ0v) is 16.1. The van der Waals surface area contributed by atoms with E-state index in [1.165, 1.54) is 0 Å². The topological polar surface area (TPSA) is 105 Å². The summed E-state index contributed by atoms with van der Waals surface area (Å²) in [6.07, 6.45) is 3.30. The van der Waals surface area contributed by atoms with Crippen LogP contribution in [0.2, 0.25) is 0 Å². The number of urea groups is 1. The van der Waals surface area contributed by atoms with E-state index in [9.17, 15) is 19.2 Å². The highest BCUT2D eigenvalue weighted by atomic mass is 16.5. The monoisotopic (exact) mass is 387 g/mol. The normalized spacial score (nSPS) is 24.2. The average Bonchev–Trinajstić information content (AvgIpc) is 2.89. The van der Waals surface area contributed by atoms with Crippen LogP contribution in [0.5, 0.6) is 0 Å². The van der Waals surface area contributed by atoms with Gasteiger partial charge in [-0.05, 0) is 37.3 Å². The smallest absolute Gasteiger partial charge is 0.326 e. The van der Waals surface area contributed by atoms with Crippen LogP contribution >= 0.6 is 0 Å². The molecule has 1 aromatic carbocycles. The van der Waals surface area contributed by atoms with Gasteiger partial charge in [0.1, 0.15) is 12.1 Å². The molecule has 4 amide bonds. The largest absolute Gasteiger partial charge is 0.454 e. The molecule has 3 rings (SSSR count). The first-order chi connectivity index (χ1) is 13.3. The Kier molecular flexibility index (Phi) is 5.67. The second-order valence-corrected chi connectivity index (χ2v) is 7.46. The van der Waals surface area contributed by atoms with Crippen LogP contribution in [0.1, 0.15) is 38.2 Å². The van der Waals surface area contributed by atoms with Crippen molar-refractivity contribution < 1.29 is 23.9 Å². The Morgan fingerprint density at radius 1 is 1.29 bits per heavy atom. The molecule has 2 fully saturated rings. The first-order valence-electron chi connectivity index (χ1n) is 9.49. The number of nitrogens with zero attached hydrogens (tertiary/aromatic N) is 1. The van der Waals surface area contributed by atoms with Crippen LogP contribution in [-0.4, -0.2) is 47.4 Å². The molecule has 1 saturated carbocycles. The fourth-order valence-corrected chi connectivity index (χ4v) is 3.86. The standard InChI is InChI=1S/C20H25N3O5/c1-13-7-3-4-9-15(13)21-16(24)12-28-17(25)11-23-18(26)20(22-19(23)27)10-6-5-8-14(20)2/h3-4,7,9,14H,5-6,8,10-12H2,1-2H3,(H,21,24)(H,22,27)/t14-,20-/m0/s1. The minimum absolute atomic E-state index is 0.0126. The van der Waals surface area contributed by atoms with Gasteiger partial charge in [-0.2, -0.15) is 0 Å². The number of carbonyl (C=O) groups excluding carboxylic acids is 4. The minimum atomic E-state index is -0.919. The molecule has 8 nitrogen and oxygen atoms in total. The van der Waals surface area contributed by atoms with E-state index in [1.54, 1.807) is 12.1 Å². The van der Waals surface area contributed by atoms with Gasteiger partial charge in [-0.3, -0.25) is 19.3 Å². The van der Waals surface area contributed by atoms with Crippen LogP contribution in [0.4, 0.5) is 10.5 Å². The molecule has 150 valence electrons. The molecular formula is C20H25N3O5. The summed E-state index contributed by atoms with van der Waals surface area (Å²) in [4.78, 5) is 50.0. The molecule has 0 bridgehead atoms. The number of anilines is 1. The van der Waals surface area contributed by atoms with Gasteiger partial charge in [0, 0.05) is 5.69 Å². The predicted octanol–water partition coefficient (Wildman–Crippen LogP) is 1.98. The SMILES string of the molecule is Cc1ccccc1NC(=O)COC(=O)CN1C(=O)N[C@]2(CCCC[C@@H]2C)C1=O. The fourth-order valence-electron chi connectivity index (χ4n) is 3.86. The lowest BCUT2D eigenvalue weighted by molar-refractivity contribution is -0.150. The van der Waals surface area contributed by atoms with Crippen molar-refractivity contribution in [2.24, 2.45) is 5.92 Å². The van der Waals surface area contributed by atoms with Gasteiger partial charge in [-0.15, -0.1) is 0 Å². The molecule has 2 aliphatic rings. The number of imide groups is 1. The number of rotatable bonds is 5. The molecule has 1 saturated heterocycles. The molecule has 0 unspecified atom stereocenters. The van der Waals surface area contributed by atoms with E-state index in [4.69, 9.17) is 4.74 Å². The Bertz CT molecular complexity index is 809. The van der Waals surface area contributed by atoms with Gasteiger partial charge >= 0.3 is 12.0 Å². The molecule has 1 spiro atoms. The number of amides is 4. The maximum Gasteiger partial charge on any atom is 0.326 e. The third-order valence-electron chi connectivity index (χ3n) is 5.57. The Labute approximate surface area is 163 Å². The van der Waals surface area contributed by atoms with Gasteiger partial charge < -0.3 is 15.4 Å². The fraction of sp³-hybridized carbons (Fsp3) is 0.500. The molecule has 1 heterocycles. The van der Waals surface area contributed by atoms with Crippen molar-refractivity contribution in [2.75, 3.05) is 18.5 Å². The summed E-state index contributed by atoms with van der Waals surface area (Å²) in [5.41, 5.74) is 0.594. The van der Waals surface area contributed by atoms with Gasteiger partial charge in [0.05, 0.1) is 0 Å². The van der Waals surface area contributed by atoms with Crippen molar-refractivity contribution >= 4 is 29.5 Å². The molecule has 2 atom stereocenters. The van der Waals surface area contributed by atoms with Crippen molar-refractivity contribution in [3.63, 3.8) is 0 Å². The highest BCUT2D eigenvalue weighted by Crippen LogP contribution is 2.38. The zero-order chi connectivity index (χ0) is 20.3. The third-order valence-corrected chi connectivity index (χ3v) is 5.57. The second kappa shape index (κ2) is 8.00. The van der Waals surface area contributed by atoms with Gasteiger partial charge in [0.25, 0.3) is 11.8 Å². The van der Waals surface area contributed by atoms with Crippen molar-refractivity contribution in [1.29, 1.82) is 0 Å². The molecule has 28 heavy (non-hydrogen) atoms. The van der Waals surface area contributed by atoms with Crippen molar-refractivity contribution in [3.8, 4) is 0 Å². The highest BCUT2D eigenvalue weighted by Gasteiger charge is 2.55. The van der Waals surface area contributed by atoms with Crippen molar-refractivity contribution in [1.82, 2.24) is 10.2 Å². The summed E-state index contributed by atoms with van der Waals surface area (Å²) in [6, 6.07) is 6.64. The van der Waals surface area contributed by atoms with Gasteiger partial charge in [0.2, 0.25) is 0 Å². The van der Waals surface area contributed by atoms with Crippen LogP contribution in [0, 0.1) is 12.8 Å². The summed E-state index contributed by atoms with van der Waals surface area (Å²) < 4.78 is 4.95. The molecule has 0 aromatic heterocycles. The molecule has 2 N–H and O–H groups in total. The Morgan fingerprint density at radius 3 is 2.75 bits per heavy atom. The number of carbonyl (C=O) groups is 4. The van der Waals surface area contributed by atoms with Crippen LogP contribution in [-0.2, 0) is 19.1 Å². The van der Waals surface area contributed by atoms with E-state index in [-0.39, 0.29) is 11.8 Å². The summed E-state index contributed by atoms with van der Waals surface area (Å²) >= 11 is 0. The van der Waals surface area contributed by atoms with Crippen LogP contribution in [0.15, 0.2) is 24.3 Å². The van der Waals surface area contributed by atoms with E-state index < -0.39 is 36.6 Å². The lowest BCUT2D eigenvalue weighted by Crippen LogP contribution is -2.54. The number of esters is 1. The van der Waals surface area contributed by atoms with Crippen molar-refractivity contribution in [3.05, 3.63) is 29.8 Å². The van der Waals surface area contributed by atoms with E-state index in [0.717, 1.165) is 29.7 Å². The predicted molar refractivity (Wildman–Crippen MR) is 101 cm³/mol. The van der Waals surface area contributed by atoms with E-state index in [0.29, 0.717) is 12.1 Å². The number of ether oxygens (including phenoxy) is 1.